The van der Waals surface area contributed by atoms with Crippen molar-refractivity contribution in [2.75, 3.05) is 6.54 Å². The lowest BCUT2D eigenvalue weighted by molar-refractivity contribution is 0.0917. The van der Waals surface area contributed by atoms with Crippen molar-refractivity contribution in [1.29, 1.82) is 0 Å². The van der Waals surface area contributed by atoms with Gasteiger partial charge >= 0.3 is 11.8 Å². The molecule has 7 heteroatoms. The maximum absolute atomic E-state index is 13.6. The standard InChI is InChI=1S/C13H13ClFN3O2/c1-2-6-16-12(19)13-18-17-11(20-13)7-8-9(14)4-3-5-10(8)15/h3-5H,2,6-7H2,1H3,(H,16,19). The Labute approximate surface area is 120 Å². The molecule has 2 rings (SSSR count). The van der Waals surface area contributed by atoms with Gasteiger partial charge in [-0.3, -0.25) is 4.79 Å². The number of carbonyl (C=O) groups excluding carboxylic acids is 1. The van der Waals surface area contributed by atoms with E-state index >= 15 is 0 Å². The van der Waals surface area contributed by atoms with Crippen LogP contribution in [0.3, 0.4) is 0 Å². The lowest BCUT2D eigenvalue weighted by Crippen LogP contribution is -2.24. The maximum Gasteiger partial charge on any atom is 0.308 e. The zero-order valence-corrected chi connectivity index (χ0v) is 11.6. The van der Waals surface area contributed by atoms with Crippen LogP contribution in [0.5, 0.6) is 0 Å². The smallest absolute Gasteiger partial charge is 0.308 e. The van der Waals surface area contributed by atoms with Gasteiger partial charge in [0.15, 0.2) is 0 Å². The Hall–Kier alpha value is -1.95. The summed E-state index contributed by atoms with van der Waals surface area (Å²) >= 11 is 5.91. The summed E-state index contributed by atoms with van der Waals surface area (Å²) < 4.78 is 18.8. The van der Waals surface area contributed by atoms with Crippen LogP contribution in [0.2, 0.25) is 5.02 Å². The number of aromatic nitrogens is 2. The summed E-state index contributed by atoms with van der Waals surface area (Å²) in [6, 6.07) is 4.39. The molecule has 2 aromatic rings. The molecule has 0 unspecified atom stereocenters. The van der Waals surface area contributed by atoms with E-state index in [1.807, 2.05) is 6.92 Å². The van der Waals surface area contributed by atoms with Crippen LogP contribution in [0, 0.1) is 5.82 Å². The van der Waals surface area contributed by atoms with Crippen LogP contribution >= 0.6 is 11.6 Å². The van der Waals surface area contributed by atoms with Gasteiger partial charge in [-0.25, -0.2) is 4.39 Å². The average Bonchev–Trinajstić information content (AvgIpc) is 2.89. The zero-order chi connectivity index (χ0) is 14.5. The molecule has 0 aliphatic carbocycles. The van der Waals surface area contributed by atoms with E-state index in [0.29, 0.717) is 6.54 Å². The molecule has 0 bridgehead atoms. The SMILES string of the molecule is CCCNC(=O)c1nnc(Cc2c(F)cccc2Cl)o1. The van der Waals surface area contributed by atoms with Crippen molar-refractivity contribution < 1.29 is 13.6 Å². The van der Waals surface area contributed by atoms with Crippen molar-refractivity contribution in [3.05, 3.63) is 46.4 Å². The minimum absolute atomic E-state index is 0.0412. The second kappa shape index (κ2) is 6.47. The maximum atomic E-state index is 13.6. The number of halogens is 2. The highest BCUT2D eigenvalue weighted by atomic mass is 35.5. The first kappa shape index (κ1) is 14.5. The van der Waals surface area contributed by atoms with Crippen molar-refractivity contribution >= 4 is 17.5 Å². The monoisotopic (exact) mass is 297 g/mol. The van der Waals surface area contributed by atoms with Crippen LogP contribution in [0.1, 0.15) is 35.5 Å². The van der Waals surface area contributed by atoms with E-state index in [0.717, 1.165) is 6.42 Å². The van der Waals surface area contributed by atoms with E-state index in [1.165, 1.54) is 12.1 Å². The van der Waals surface area contributed by atoms with Crippen molar-refractivity contribution in [1.82, 2.24) is 15.5 Å². The van der Waals surface area contributed by atoms with Gasteiger partial charge in [-0.15, -0.1) is 10.2 Å². The second-order valence-electron chi connectivity index (χ2n) is 4.13. The Morgan fingerprint density at radius 1 is 1.45 bits per heavy atom. The summed E-state index contributed by atoms with van der Waals surface area (Å²) in [6.07, 6.45) is 0.844. The fourth-order valence-corrected chi connectivity index (χ4v) is 1.81. The van der Waals surface area contributed by atoms with Crippen LogP contribution in [0.25, 0.3) is 0 Å². The second-order valence-corrected chi connectivity index (χ2v) is 4.54. The molecule has 0 radical (unpaired) electrons. The summed E-state index contributed by atoms with van der Waals surface area (Å²) in [5.74, 6) is -0.891. The number of amides is 1. The number of hydrogen-bond donors (Lipinski definition) is 1. The van der Waals surface area contributed by atoms with Gasteiger partial charge < -0.3 is 9.73 Å². The van der Waals surface area contributed by atoms with Gasteiger partial charge in [-0.05, 0) is 18.6 Å². The number of hydrogen-bond acceptors (Lipinski definition) is 4. The Morgan fingerprint density at radius 3 is 2.95 bits per heavy atom. The molecule has 0 aliphatic heterocycles. The predicted octanol–water partition coefficient (Wildman–Crippen LogP) is 2.59. The molecule has 1 heterocycles. The molecule has 5 nitrogen and oxygen atoms in total. The summed E-state index contributed by atoms with van der Waals surface area (Å²) in [5.41, 5.74) is 0.262. The fourth-order valence-electron chi connectivity index (χ4n) is 1.58. The molecule has 1 aromatic heterocycles. The highest BCUT2D eigenvalue weighted by Gasteiger charge is 2.16. The molecular formula is C13H13ClFN3O2. The zero-order valence-electron chi connectivity index (χ0n) is 10.8. The van der Waals surface area contributed by atoms with Gasteiger partial charge in [0, 0.05) is 17.1 Å². The molecular weight excluding hydrogens is 285 g/mol. The Kier molecular flexibility index (Phi) is 4.68. The van der Waals surface area contributed by atoms with Gasteiger partial charge in [0.1, 0.15) is 5.82 Å². The molecule has 0 saturated heterocycles. The highest BCUT2D eigenvalue weighted by molar-refractivity contribution is 6.31. The number of rotatable bonds is 5. The van der Waals surface area contributed by atoms with E-state index in [1.54, 1.807) is 6.07 Å². The third-order valence-corrected chi connectivity index (χ3v) is 2.94. The predicted molar refractivity (Wildman–Crippen MR) is 71.1 cm³/mol. The van der Waals surface area contributed by atoms with Crippen LogP contribution in [0.15, 0.2) is 22.6 Å². The van der Waals surface area contributed by atoms with E-state index in [9.17, 15) is 9.18 Å². The largest absolute Gasteiger partial charge is 0.417 e. The molecule has 106 valence electrons. The summed E-state index contributed by atoms with van der Waals surface area (Å²) in [5, 5.41) is 10.2. The minimum Gasteiger partial charge on any atom is -0.417 e. The number of carbonyl (C=O) groups is 1. The molecule has 1 amide bonds. The fraction of sp³-hybridized carbons (Fsp3) is 0.308. The van der Waals surface area contributed by atoms with E-state index in [4.69, 9.17) is 16.0 Å². The summed E-state index contributed by atoms with van der Waals surface area (Å²) in [7, 11) is 0. The van der Waals surface area contributed by atoms with Crippen molar-refractivity contribution in [2.24, 2.45) is 0 Å². The lowest BCUT2D eigenvalue weighted by Gasteiger charge is -2.02. The molecule has 0 aliphatic rings. The van der Waals surface area contributed by atoms with Gasteiger partial charge in [0.2, 0.25) is 5.89 Å². The normalized spacial score (nSPS) is 10.6. The third kappa shape index (κ3) is 3.33. The van der Waals surface area contributed by atoms with E-state index in [-0.39, 0.29) is 28.8 Å². The first-order valence-electron chi connectivity index (χ1n) is 6.15. The third-order valence-electron chi connectivity index (χ3n) is 2.59. The summed E-state index contributed by atoms with van der Waals surface area (Å²) in [4.78, 5) is 11.6. The summed E-state index contributed by atoms with van der Waals surface area (Å²) in [6.45, 7) is 2.45. The Balaban J connectivity index is 2.12. The lowest BCUT2D eigenvalue weighted by atomic mass is 10.1. The number of benzene rings is 1. The molecule has 0 fully saturated rings. The highest BCUT2D eigenvalue weighted by Crippen LogP contribution is 2.21. The van der Waals surface area contributed by atoms with Crippen molar-refractivity contribution in [3.63, 3.8) is 0 Å². The molecule has 20 heavy (non-hydrogen) atoms. The molecule has 0 spiro atoms. The van der Waals surface area contributed by atoms with Gasteiger partial charge in [-0.1, -0.05) is 24.6 Å². The average molecular weight is 298 g/mol. The molecule has 0 atom stereocenters. The molecule has 1 aromatic carbocycles. The van der Waals surface area contributed by atoms with Crippen LogP contribution in [0.4, 0.5) is 4.39 Å². The minimum atomic E-state index is -0.451. The Bertz CT molecular complexity index is 595. The first-order valence-corrected chi connectivity index (χ1v) is 6.53. The molecule has 0 saturated carbocycles. The quantitative estimate of drug-likeness (QED) is 0.921. The van der Waals surface area contributed by atoms with Gasteiger partial charge in [0.25, 0.3) is 0 Å². The topological polar surface area (TPSA) is 68.0 Å². The van der Waals surface area contributed by atoms with Crippen LogP contribution < -0.4 is 5.32 Å². The van der Waals surface area contributed by atoms with Crippen LogP contribution in [-0.4, -0.2) is 22.6 Å². The van der Waals surface area contributed by atoms with Gasteiger partial charge in [0.05, 0.1) is 6.42 Å². The van der Waals surface area contributed by atoms with Crippen molar-refractivity contribution in [3.8, 4) is 0 Å². The number of nitrogens with one attached hydrogen (secondary N) is 1. The van der Waals surface area contributed by atoms with E-state index in [2.05, 4.69) is 15.5 Å². The Morgan fingerprint density at radius 2 is 2.25 bits per heavy atom. The van der Waals surface area contributed by atoms with Crippen LogP contribution in [-0.2, 0) is 6.42 Å². The van der Waals surface area contributed by atoms with Crippen molar-refractivity contribution in [2.45, 2.75) is 19.8 Å². The molecule has 1 N–H and O–H groups in total. The van der Waals surface area contributed by atoms with Gasteiger partial charge in [-0.2, -0.15) is 0 Å². The van der Waals surface area contributed by atoms with E-state index < -0.39 is 11.7 Å². The first-order chi connectivity index (χ1) is 9.61. The number of nitrogens with zero attached hydrogens (tertiary/aromatic N) is 2.